The number of hydrogen-bond acceptors (Lipinski definition) is 4. The molecule has 0 atom stereocenters. The van der Waals surface area contributed by atoms with Gasteiger partial charge in [0.05, 0.1) is 0 Å². The summed E-state index contributed by atoms with van der Waals surface area (Å²) in [5.74, 6) is 0.0425. The maximum absolute atomic E-state index is 11.7. The molecular weight excluding hydrogens is 435 g/mol. The van der Waals surface area contributed by atoms with Gasteiger partial charge in [-0.25, -0.2) is 0 Å². The Bertz CT molecular complexity index is 899. The van der Waals surface area contributed by atoms with Crippen molar-refractivity contribution in [2.75, 3.05) is 0 Å². The summed E-state index contributed by atoms with van der Waals surface area (Å²) in [6.45, 7) is 2.24. The van der Waals surface area contributed by atoms with Crippen molar-refractivity contribution >= 4 is 10.1 Å². The van der Waals surface area contributed by atoms with Crippen LogP contribution in [-0.2, 0) is 16.5 Å². The van der Waals surface area contributed by atoms with Crippen molar-refractivity contribution < 1.29 is 52.4 Å². The Kier molecular flexibility index (Phi) is 14.2. The molecule has 0 aliphatic rings. The van der Waals surface area contributed by atoms with E-state index in [0.29, 0.717) is 0 Å². The Morgan fingerprint density at radius 1 is 0.844 bits per heavy atom. The molecule has 0 saturated heterocycles. The minimum Gasteiger partial charge on any atom is -0.872 e. The quantitative estimate of drug-likeness (QED) is 0.244. The van der Waals surface area contributed by atoms with Crippen LogP contribution in [0.15, 0.2) is 47.4 Å². The first-order chi connectivity index (χ1) is 14.9. The van der Waals surface area contributed by atoms with Gasteiger partial charge in [0.25, 0.3) is 10.1 Å². The number of ether oxygens (including phenoxy) is 1. The van der Waals surface area contributed by atoms with Crippen molar-refractivity contribution in [1.29, 1.82) is 0 Å². The summed E-state index contributed by atoms with van der Waals surface area (Å²) >= 11 is 0. The Morgan fingerprint density at radius 3 is 2.00 bits per heavy atom. The van der Waals surface area contributed by atoms with Gasteiger partial charge >= 0.3 is 29.6 Å². The molecule has 0 saturated carbocycles. The normalized spacial score (nSPS) is 11.2. The minimum atomic E-state index is -4.43. The van der Waals surface area contributed by atoms with Gasteiger partial charge in [0.2, 0.25) is 0 Å². The summed E-state index contributed by atoms with van der Waals surface area (Å²) in [5, 5.41) is 11.5. The molecule has 0 heterocycles. The van der Waals surface area contributed by atoms with Crippen LogP contribution in [-0.4, -0.2) is 13.0 Å². The van der Waals surface area contributed by atoms with E-state index in [1.165, 1.54) is 76.0 Å². The van der Waals surface area contributed by atoms with Crippen molar-refractivity contribution in [3.63, 3.8) is 0 Å². The molecule has 0 aliphatic heterocycles. The fourth-order valence-electron chi connectivity index (χ4n) is 3.66. The molecule has 172 valence electrons. The van der Waals surface area contributed by atoms with E-state index in [4.69, 9.17) is 4.74 Å². The molecular formula is C25H35NaO5S. The van der Waals surface area contributed by atoms with Gasteiger partial charge in [0, 0.05) is 0 Å². The summed E-state index contributed by atoms with van der Waals surface area (Å²) < 4.78 is 38.5. The van der Waals surface area contributed by atoms with Crippen molar-refractivity contribution in [2.45, 2.75) is 88.9 Å². The van der Waals surface area contributed by atoms with E-state index in [-0.39, 0.29) is 51.7 Å². The predicted molar refractivity (Wildman–Crippen MR) is 122 cm³/mol. The maximum atomic E-state index is 11.7. The summed E-state index contributed by atoms with van der Waals surface area (Å²) in [4.78, 5) is -0.300. The molecule has 7 heteroatoms. The second-order valence-corrected chi connectivity index (χ2v) is 9.51. The largest absolute Gasteiger partial charge is 1.00 e. The van der Waals surface area contributed by atoms with E-state index in [2.05, 4.69) is 6.92 Å². The van der Waals surface area contributed by atoms with E-state index >= 15 is 0 Å². The van der Waals surface area contributed by atoms with E-state index in [0.717, 1.165) is 24.8 Å². The summed E-state index contributed by atoms with van der Waals surface area (Å²) in [6.07, 6.45) is 14.7. The molecule has 0 bridgehead atoms. The number of rotatable bonds is 15. The van der Waals surface area contributed by atoms with E-state index in [9.17, 15) is 18.1 Å². The monoisotopic (exact) mass is 470 g/mol. The molecule has 2 rings (SSSR count). The first-order valence-electron chi connectivity index (χ1n) is 11.5. The van der Waals surface area contributed by atoms with Crippen molar-refractivity contribution in [3.8, 4) is 17.2 Å². The third-order valence-corrected chi connectivity index (χ3v) is 6.28. The van der Waals surface area contributed by atoms with Crippen LogP contribution in [0.3, 0.4) is 0 Å². The summed E-state index contributed by atoms with van der Waals surface area (Å²) in [7, 11) is -4.43. The van der Waals surface area contributed by atoms with Gasteiger partial charge in [-0.05, 0) is 42.7 Å². The molecule has 32 heavy (non-hydrogen) atoms. The fourth-order valence-corrected chi connectivity index (χ4v) is 4.25. The first-order valence-corrected chi connectivity index (χ1v) is 12.9. The molecule has 0 unspecified atom stereocenters. The standard InChI is InChI=1S/C25H36O5S.Na/c1-2-3-4-5-6-7-8-9-10-11-12-14-21-17-18-25(31(27,28)29)24(19-21)30-23-16-13-15-22(26)20-23;/h13,15-20,26H,2-12,14H2,1H3,(H,27,28,29);/q;+1/p-1. The molecule has 0 fully saturated rings. The second-order valence-electron chi connectivity index (χ2n) is 8.12. The van der Waals surface area contributed by atoms with Crippen molar-refractivity contribution in [2.24, 2.45) is 0 Å². The number of benzene rings is 2. The van der Waals surface area contributed by atoms with E-state index < -0.39 is 10.1 Å². The first kappa shape index (κ1) is 29.0. The topological polar surface area (TPSA) is 86.7 Å². The van der Waals surface area contributed by atoms with Gasteiger partial charge in [0.15, 0.2) is 0 Å². The zero-order valence-electron chi connectivity index (χ0n) is 19.5. The zero-order chi connectivity index (χ0) is 22.5. The van der Waals surface area contributed by atoms with Crippen LogP contribution in [0.25, 0.3) is 0 Å². The molecule has 2 aromatic carbocycles. The Balaban J connectivity index is 0.00000512. The van der Waals surface area contributed by atoms with Crippen LogP contribution >= 0.6 is 0 Å². The zero-order valence-corrected chi connectivity index (χ0v) is 22.3. The van der Waals surface area contributed by atoms with Gasteiger partial charge in [-0.3, -0.25) is 4.55 Å². The number of aryl methyl sites for hydroxylation is 1. The third-order valence-electron chi connectivity index (χ3n) is 5.39. The van der Waals surface area contributed by atoms with Crippen molar-refractivity contribution in [3.05, 3.63) is 48.0 Å². The maximum Gasteiger partial charge on any atom is 1.00 e. The van der Waals surface area contributed by atoms with Gasteiger partial charge in [-0.15, -0.1) is 5.75 Å². The fraction of sp³-hybridized carbons (Fsp3) is 0.520. The third kappa shape index (κ3) is 11.2. The Morgan fingerprint density at radius 2 is 1.44 bits per heavy atom. The molecule has 2 aromatic rings. The van der Waals surface area contributed by atoms with Gasteiger partial charge in [-0.2, -0.15) is 8.42 Å². The van der Waals surface area contributed by atoms with Crippen LogP contribution < -0.4 is 39.4 Å². The van der Waals surface area contributed by atoms with Gasteiger partial charge in [-0.1, -0.05) is 89.3 Å². The summed E-state index contributed by atoms with van der Waals surface area (Å²) in [6, 6.07) is 10.5. The average Bonchev–Trinajstić information content (AvgIpc) is 2.71. The molecule has 0 amide bonds. The van der Waals surface area contributed by atoms with Crippen LogP contribution in [0.2, 0.25) is 0 Å². The molecule has 0 spiro atoms. The SMILES string of the molecule is CCCCCCCCCCCCCc1ccc(S(=O)(=O)O)c(Oc2cccc([O-])c2)c1.[Na+]. The van der Waals surface area contributed by atoms with Gasteiger partial charge in [0.1, 0.15) is 16.4 Å². The van der Waals surface area contributed by atoms with E-state index in [1.54, 1.807) is 24.3 Å². The Hall–Kier alpha value is -1.05. The molecule has 0 radical (unpaired) electrons. The number of unbranched alkanes of at least 4 members (excludes halogenated alkanes) is 10. The van der Waals surface area contributed by atoms with Crippen molar-refractivity contribution in [1.82, 2.24) is 0 Å². The second kappa shape index (κ2) is 15.7. The van der Waals surface area contributed by atoms with Crippen LogP contribution in [0, 0.1) is 0 Å². The van der Waals surface area contributed by atoms with Crippen LogP contribution in [0.5, 0.6) is 17.2 Å². The molecule has 0 aliphatic carbocycles. The average molecular weight is 471 g/mol. The minimum absolute atomic E-state index is 0. The molecule has 5 nitrogen and oxygen atoms in total. The molecule has 0 aromatic heterocycles. The predicted octanol–water partition coefficient (Wildman–Crippen LogP) is 3.66. The molecule has 1 N–H and O–H groups in total. The Labute approximate surface area is 215 Å². The summed E-state index contributed by atoms with van der Waals surface area (Å²) in [5.41, 5.74) is 0.941. The number of hydrogen-bond donors (Lipinski definition) is 1. The van der Waals surface area contributed by atoms with E-state index in [1.807, 2.05) is 0 Å². The smallest absolute Gasteiger partial charge is 0.872 e. The van der Waals surface area contributed by atoms with Crippen LogP contribution in [0.4, 0.5) is 0 Å². The van der Waals surface area contributed by atoms with Crippen LogP contribution in [0.1, 0.15) is 83.1 Å². The van der Waals surface area contributed by atoms with Gasteiger partial charge < -0.3 is 9.84 Å².